The molecule has 0 saturated carbocycles. The highest BCUT2D eigenvalue weighted by Crippen LogP contribution is 2.28. The van der Waals surface area contributed by atoms with E-state index >= 15 is 0 Å². The molecule has 0 aromatic carbocycles. The molecule has 0 radical (unpaired) electrons. The zero-order chi connectivity index (χ0) is 16.2. The van der Waals surface area contributed by atoms with Gasteiger partial charge in [-0.1, -0.05) is 0 Å². The van der Waals surface area contributed by atoms with Gasteiger partial charge in [0, 0.05) is 25.9 Å². The third-order valence-corrected chi connectivity index (χ3v) is 4.17. The second-order valence-corrected chi connectivity index (χ2v) is 5.70. The lowest BCUT2D eigenvalue weighted by Gasteiger charge is -2.33. The van der Waals surface area contributed by atoms with Crippen LogP contribution >= 0.6 is 0 Å². The monoisotopic (exact) mass is 316 g/mol. The second kappa shape index (κ2) is 6.78. The Kier molecular flexibility index (Phi) is 4.57. The van der Waals surface area contributed by atoms with Gasteiger partial charge in [0.15, 0.2) is 17.9 Å². The van der Waals surface area contributed by atoms with Crippen LogP contribution in [0.2, 0.25) is 0 Å². The summed E-state index contributed by atoms with van der Waals surface area (Å²) in [5.74, 6) is 1.27. The van der Waals surface area contributed by atoms with Crippen molar-refractivity contribution < 1.29 is 14.3 Å². The van der Waals surface area contributed by atoms with Crippen LogP contribution in [0, 0.1) is 12.8 Å². The highest BCUT2D eigenvalue weighted by Gasteiger charge is 2.22. The summed E-state index contributed by atoms with van der Waals surface area (Å²) < 4.78 is 5.07. The number of oxazole rings is 1. The highest BCUT2D eigenvalue weighted by molar-refractivity contribution is 6.04. The van der Waals surface area contributed by atoms with Gasteiger partial charge in [0.1, 0.15) is 5.76 Å². The third-order valence-electron chi connectivity index (χ3n) is 4.17. The fourth-order valence-corrected chi connectivity index (χ4v) is 2.78. The maximum absolute atomic E-state index is 12.3. The lowest BCUT2D eigenvalue weighted by Crippen LogP contribution is -2.36. The summed E-state index contributed by atoms with van der Waals surface area (Å²) >= 11 is 0. The van der Waals surface area contributed by atoms with E-state index in [1.54, 1.807) is 19.2 Å². The van der Waals surface area contributed by atoms with Crippen LogP contribution in [0.15, 0.2) is 29.1 Å². The Morgan fingerprint density at radius 3 is 2.87 bits per heavy atom. The molecule has 2 N–H and O–H groups in total. The molecular formula is C16H20N4O3. The Bertz CT molecular complexity index is 677. The first kappa shape index (κ1) is 15.5. The number of aliphatic hydroxyl groups excluding tert-OH is 1. The number of aromatic nitrogens is 2. The predicted octanol–water partition coefficient (Wildman–Crippen LogP) is 1.84. The normalized spacial score (nSPS) is 15.7. The number of hydrogen-bond donors (Lipinski definition) is 2. The van der Waals surface area contributed by atoms with Gasteiger partial charge in [0.05, 0.1) is 5.69 Å². The van der Waals surface area contributed by atoms with Crippen LogP contribution in [0.5, 0.6) is 0 Å². The van der Waals surface area contributed by atoms with Gasteiger partial charge in [-0.3, -0.25) is 4.79 Å². The number of carbonyl (C=O) groups excluding carboxylic acids is 1. The van der Waals surface area contributed by atoms with Crippen molar-refractivity contribution in [2.45, 2.75) is 19.8 Å². The number of nitrogens with one attached hydrogen (secondary N) is 1. The van der Waals surface area contributed by atoms with Crippen LogP contribution in [0.3, 0.4) is 0 Å². The lowest BCUT2D eigenvalue weighted by atomic mass is 9.98. The Morgan fingerprint density at radius 1 is 1.43 bits per heavy atom. The molecule has 0 atom stereocenters. The molecule has 1 amide bonds. The molecule has 0 bridgehead atoms. The summed E-state index contributed by atoms with van der Waals surface area (Å²) in [6.07, 6.45) is 4.81. The number of nitrogens with zero attached hydrogens (tertiary/aromatic N) is 3. The first-order valence-electron chi connectivity index (χ1n) is 7.71. The topological polar surface area (TPSA) is 91.5 Å². The number of anilines is 2. The average molecular weight is 316 g/mol. The first-order chi connectivity index (χ1) is 11.2. The van der Waals surface area contributed by atoms with Crippen LogP contribution in [-0.2, 0) is 0 Å². The van der Waals surface area contributed by atoms with E-state index in [0.29, 0.717) is 17.4 Å². The van der Waals surface area contributed by atoms with E-state index in [4.69, 9.17) is 4.42 Å². The number of pyridine rings is 1. The first-order valence-corrected chi connectivity index (χ1v) is 7.71. The van der Waals surface area contributed by atoms with Crippen LogP contribution in [-0.4, -0.2) is 40.7 Å². The molecule has 3 heterocycles. The Hall–Kier alpha value is -2.41. The number of hydrogen-bond acceptors (Lipinski definition) is 6. The molecule has 7 nitrogen and oxygen atoms in total. The highest BCUT2D eigenvalue weighted by atomic mass is 16.3. The van der Waals surface area contributed by atoms with Gasteiger partial charge >= 0.3 is 0 Å². The maximum Gasteiger partial charge on any atom is 0.277 e. The standard InChI is InChI=1S/C16H20N4O3/c1-11-14(18-10-23-11)16(22)19-13-3-2-6-17-15(13)20-7-4-12(9-21)5-8-20/h2-3,6,10,12,21H,4-5,7-9H2,1H3,(H,19,22). The van der Waals surface area contributed by atoms with Crippen LogP contribution in [0.4, 0.5) is 11.5 Å². The van der Waals surface area contributed by atoms with Gasteiger partial charge in [-0.2, -0.15) is 0 Å². The summed E-state index contributed by atoms with van der Waals surface area (Å²) in [7, 11) is 0. The summed E-state index contributed by atoms with van der Waals surface area (Å²) in [5, 5.41) is 12.1. The van der Waals surface area contributed by atoms with Crippen molar-refractivity contribution in [3.8, 4) is 0 Å². The molecule has 23 heavy (non-hydrogen) atoms. The average Bonchev–Trinajstić information content (AvgIpc) is 3.02. The number of rotatable bonds is 4. The molecule has 1 fully saturated rings. The molecule has 3 rings (SSSR count). The molecule has 1 aliphatic heterocycles. The minimum Gasteiger partial charge on any atom is -0.448 e. The molecule has 1 saturated heterocycles. The number of amides is 1. The largest absolute Gasteiger partial charge is 0.448 e. The van der Waals surface area contributed by atoms with Gasteiger partial charge in [-0.05, 0) is 37.8 Å². The number of aryl methyl sites for hydroxylation is 1. The molecule has 2 aromatic heterocycles. The summed E-state index contributed by atoms with van der Waals surface area (Å²) in [6.45, 7) is 3.55. The lowest BCUT2D eigenvalue weighted by molar-refractivity contribution is 0.102. The van der Waals surface area contributed by atoms with Gasteiger partial charge in [0.25, 0.3) is 5.91 Å². The van der Waals surface area contributed by atoms with Gasteiger partial charge < -0.3 is 19.7 Å². The van der Waals surface area contributed by atoms with Crippen molar-refractivity contribution in [1.82, 2.24) is 9.97 Å². The SMILES string of the molecule is Cc1ocnc1C(=O)Nc1cccnc1N1CCC(CO)CC1. The molecule has 0 spiro atoms. The predicted molar refractivity (Wildman–Crippen MR) is 85.5 cm³/mol. The Balaban J connectivity index is 1.76. The summed E-state index contributed by atoms with van der Waals surface area (Å²) in [6, 6.07) is 3.61. The summed E-state index contributed by atoms with van der Waals surface area (Å²) in [5.41, 5.74) is 0.932. The summed E-state index contributed by atoms with van der Waals surface area (Å²) in [4.78, 5) is 22.8. The van der Waals surface area contributed by atoms with Crippen molar-refractivity contribution in [1.29, 1.82) is 0 Å². The molecule has 1 aliphatic rings. The van der Waals surface area contributed by atoms with E-state index in [0.717, 1.165) is 31.7 Å². The molecular weight excluding hydrogens is 296 g/mol. The Morgan fingerprint density at radius 2 is 2.22 bits per heavy atom. The smallest absolute Gasteiger partial charge is 0.277 e. The van der Waals surface area contributed by atoms with E-state index in [9.17, 15) is 9.90 Å². The molecule has 7 heteroatoms. The molecule has 122 valence electrons. The van der Waals surface area contributed by atoms with Crippen molar-refractivity contribution in [3.63, 3.8) is 0 Å². The molecule has 2 aromatic rings. The maximum atomic E-state index is 12.3. The van der Waals surface area contributed by atoms with E-state index in [1.165, 1.54) is 6.39 Å². The van der Waals surface area contributed by atoms with Crippen molar-refractivity contribution in [2.24, 2.45) is 5.92 Å². The number of aliphatic hydroxyl groups is 1. The Labute approximate surface area is 134 Å². The van der Waals surface area contributed by atoms with Crippen LogP contribution in [0.25, 0.3) is 0 Å². The fourth-order valence-electron chi connectivity index (χ4n) is 2.78. The molecule has 0 unspecified atom stereocenters. The number of carbonyl (C=O) groups is 1. The minimum absolute atomic E-state index is 0.227. The van der Waals surface area contributed by atoms with E-state index in [-0.39, 0.29) is 18.2 Å². The van der Waals surface area contributed by atoms with Gasteiger partial charge in [-0.25, -0.2) is 9.97 Å². The zero-order valence-electron chi connectivity index (χ0n) is 13.0. The second-order valence-electron chi connectivity index (χ2n) is 5.70. The van der Waals surface area contributed by atoms with Crippen LogP contribution in [0.1, 0.15) is 29.1 Å². The zero-order valence-corrected chi connectivity index (χ0v) is 13.0. The quantitative estimate of drug-likeness (QED) is 0.894. The minimum atomic E-state index is -0.309. The van der Waals surface area contributed by atoms with Crippen LogP contribution < -0.4 is 10.2 Å². The fraction of sp³-hybridized carbons (Fsp3) is 0.438. The molecule has 0 aliphatic carbocycles. The number of piperidine rings is 1. The van der Waals surface area contributed by atoms with Crippen molar-refractivity contribution >= 4 is 17.4 Å². The van der Waals surface area contributed by atoms with Crippen molar-refractivity contribution in [2.75, 3.05) is 29.9 Å². The van der Waals surface area contributed by atoms with Gasteiger partial charge in [0.2, 0.25) is 0 Å². The van der Waals surface area contributed by atoms with Gasteiger partial charge in [-0.15, -0.1) is 0 Å². The van der Waals surface area contributed by atoms with E-state index in [1.807, 2.05) is 6.07 Å². The van der Waals surface area contributed by atoms with E-state index < -0.39 is 0 Å². The third kappa shape index (κ3) is 3.34. The van der Waals surface area contributed by atoms with Crippen molar-refractivity contribution in [3.05, 3.63) is 36.2 Å². The van der Waals surface area contributed by atoms with E-state index in [2.05, 4.69) is 20.2 Å².